The van der Waals surface area contributed by atoms with Crippen molar-refractivity contribution >= 4 is 33.4 Å². The molecule has 4 heteroatoms. The third-order valence-corrected chi connectivity index (χ3v) is 4.03. The fourth-order valence-corrected chi connectivity index (χ4v) is 2.69. The minimum absolute atomic E-state index is 0.596. The molecular formula is C14H12INO2. The van der Waals surface area contributed by atoms with Crippen molar-refractivity contribution in [2.45, 2.75) is 12.5 Å². The van der Waals surface area contributed by atoms with Gasteiger partial charge in [-0.3, -0.25) is 0 Å². The molecule has 0 heterocycles. The smallest absolute Gasteiger partial charge is 0.173 e. The molecule has 1 N–H and O–H groups in total. The molecule has 0 saturated heterocycles. The van der Waals surface area contributed by atoms with Gasteiger partial charge in [0.25, 0.3) is 0 Å². The van der Waals surface area contributed by atoms with Crippen LogP contribution in [-0.2, 0) is 5.60 Å². The van der Waals surface area contributed by atoms with Crippen molar-refractivity contribution in [3.05, 3.63) is 39.5 Å². The summed E-state index contributed by atoms with van der Waals surface area (Å²) in [5.41, 5.74) is -0.863. The van der Waals surface area contributed by atoms with E-state index in [9.17, 15) is 5.11 Å². The Balaban J connectivity index is 2.66. The van der Waals surface area contributed by atoms with Crippen LogP contribution in [0.2, 0.25) is 0 Å². The molecule has 3 nitrogen and oxygen atoms in total. The molecule has 1 atom stereocenters. The fraction of sp³-hybridized carbons (Fsp3) is 0.214. The number of hydrogen-bond acceptors (Lipinski definition) is 3. The van der Waals surface area contributed by atoms with Gasteiger partial charge in [0.1, 0.15) is 11.8 Å². The van der Waals surface area contributed by atoms with E-state index >= 15 is 0 Å². The Morgan fingerprint density at radius 2 is 2.06 bits per heavy atom. The third-order valence-electron chi connectivity index (χ3n) is 2.92. The first-order valence-corrected chi connectivity index (χ1v) is 6.48. The molecule has 0 radical (unpaired) electrons. The van der Waals surface area contributed by atoms with E-state index in [0.29, 0.717) is 5.56 Å². The van der Waals surface area contributed by atoms with E-state index in [4.69, 9.17) is 10.00 Å². The Kier molecular flexibility index (Phi) is 3.46. The number of fused-ring (bicyclic) bond motifs is 1. The lowest BCUT2D eigenvalue weighted by Crippen LogP contribution is -2.17. The van der Waals surface area contributed by atoms with Crippen LogP contribution in [0, 0.1) is 14.9 Å². The first kappa shape index (κ1) is 13.1. The lowest BCUT2D eigenvalue weighted by Gasteiger charge is -2.16. The number of halogens is 1. The summed E-state index contributed by atoms with van der Waals surface area (Å²) in [7, 11) is 1.64. The molecule has 0 amide bonds. The summed E-state index contributed by atoms with van der Waals surface area (Å²) in [5, 5.41) is 20.9. The minimum atomic E-state index is -1.46. The van der Waals surface area contributed by atoms with Crippen molar-refractivity contribution in [3.8, 4) is 11.8 Å². The van der Waals surface area contributed by atoms with Crippen molar-refractivity contribution < 1.29 is 9.84 Å². The summed E-state index contributed by atoms with van der Waals surface area (Å²) in [4.78, 5) is 0. The molecule has 18 heavy (non-hydrogen) atoms. The topological polar surface area (TPSA) is 53.2 Å². The summed E-state index contributed by atoms with van der Waals surface area (Å²) in [6.45, 7) is 1.49. The summed E-state index contributed by atoms with van der Waals surface area (Å²) in [6.07, 6.45) is 0. The first-order chi connectivity index (χ1) is 8.49. The molecule has 2 rings (SSSR count). The summed E-state index contributed by atoms with van der Waals surface area (Å²) >= 11 is 2.23. The van der Waals surface area contributed by atoms with Gasteiger partial charge in [0.05, 0.1) is 10.7 Å². The maximum absolute atomic E-state index is 9.94. The molecule has 1 unspecified atom stereocenters. The SMILES string of the molecule is COc1ccc2cc(C(C)(O)C#N)ccc2c1I. The normalized spacial score (nSPS) is 13.9. The maximum atomic E-state index is 9.94. The summed E-state index contributed by atoms with van der Waals surface area (Å²) < 4.78 is 6.29. The van der Waals surface area contributed by atoms with Gasteiger partial charge in [0.2, 0.25) is 0 Å². The molecule has 2 aromatic carbocycles. The van der Waals surface area contributed by atoms with Crippen LogP contribution in [0.1, 0.15) is 12.5 Å². The summed E-state index contributed by atoms with van der Waals surface area (Å²) in [5.74, 6) is 0.822. The maximum Gasteiger partial charge on any atom is 0.173 e. The van der Waals surface area contributed by atoms with Gasteiger partial charge in [-0.15, -0.1) is 0 Å². The number of benzene rings is 2. The van der Waals surface area contributed by atoms with Crippen molar-refractivity contribution in [2.75, 3.05) is 7.11 Å². The minimum Gasteiger partial charge on any atom is -0.496 e. The largest absolute Gasteiger partial charge is 0.496 e. The van der Waals surface area contributed by atoms with E-state index in [1.807, 2.05) is 30.3 Å². The molecule has 0 aromatic heterocycles. The Morgan fingerprint density at radius 3 is 2.67 bits per heavy atom. The van der Waals surface area contributed by atoms with E-state index in [0.717, 1.165) is 20.1 Å². The predicted octanol–water partition coefficient (Wildman–Crippen LogP) is 3.18. The fourth-order valence-electron chi connectivity index (χ4n) is 1.80. The van der Waals surface area contributed by atoms with Crippen LogP contribution in [0.3, 0.4) is 0 Å². The molecule has 0 spiro atoms. The van der Waals surface area contributed by atoms with E-state index < -0.39 is 5.60 Å². The Hall–Kier alpha value is -1.32. The van der Waals surface area contributed by atoms with Crippen molar-refractivity contribution in [2.24, 2.45) is 0 Å². The van der Waals surface area contributed by atoms with E-state index in [-0.39, 0.29) is 0 Å². The average molecular weight is 353 g/mol. The highest BCUT2D eigenvalue weighted by Gasteiger charge is 2.22. The van der Waals surface area contributed by atoms with Crippen LogP contribution in [0.5, 0.6) is 5.75 Å². The zero-order valence-corrected chi connectivity index (χ0v) is 12.2. The highest BCUT2D eigenvalue weighted by atomic mass is 127. The molecule has 0 aliphatic rings. The van der Waals surface area contributed by atoms with Crippen molar-refractivity contribution in [1.29, 1.82) is 5.26 Å². The van der Waals surface area contributed by atoms with Gasteiger partial charge in [-0.1, -0.05) is 18.2 Å². The molecule has 0 aliphatic heterocycles. The van der Waals surface area contributed by atoms with Gasteiger partial charge in [0.15, 0.2) is 5.60 Å². The van der Waals surface area contributed by atoms with Gasteiger partial charge < -0.3 is 9.84 Å². The number of hydrogen-bond donors (Lipinski definition) is 1. The molecule has 92 valence electrons. The van der Waals surface area contributed by atoms with Crippen molar-refractivity contribution in [1.82, 2.24) is 0 Å². The number of methoxy groups -OCH3 is 1. The van der Waals surface area contributed by atoms with E-state index in [1.54, 1.807) is 13.2 Å². The average Bonchev–Trinajstić information content (AvgIpc) is 2.39. The lowest BCUT2D eigenvalue weighted by atomic mass is 9.95. The second-order valence-electron chi connectivity index (χ2n) is 4.20. The van der Waals surface area contributed by atoms with Gasteiger partial charge in [-0.2, -0.15) is 5.26 Å². The van der Waals surface area contributed by atoms with Crippen LogP contribution in [0.15, 0.2) is 30.3 Å². The molecule has 0 fully saturated rings. The number of nitrogens with zero attached hydrogens (tertiary/aromatic N) is 1. The lowest BCUT2D eigenvalue weighted by molar-refractivity contribution is 0.120. The Labute approximate surface area is 119 Å². The van der Waals surface area contributed by atoms with E-state index in [2.05, 4.69) is 22.6 Å². The Morgan fingerprint density at radius 1 is 1.33 bits per heavy atom. The van der Waals surface area contributed by atoms with Crippen LogP contribution in [0.4, 0.5) is 0 Å². The monoisotopic (exact) mass is 353 g/mol. The van der Waals surface area contributed by atoms with Gasteiger partial charge in [-0.05, 0) is 58.0 Å². The van der Waals surface area contributed by atoms with Gasteiger partial charge in [0, 0.05) is 0 Å². The Bertz CT molecular complexity index is 644. The van der Waals surface area contributed by atoms with E-state index in [1.165, 1.54) is 6.92 Å². The van der Waals surface area contributed by atoms with Gasteiger partial charge in [-0.25, -0.2) is 0 Å². The van der Waals surface area contributed by atoms with Crippen LogP contribution in [-0.4, -0.2) is 12.2 Å². The second-order valence-corrected chi connectivity index (χ2v) is 5.28. The highest BCUT2D eigenvalue weighted by Crippen LogP contribution is 2.31. The number of nitriles is 1. The predicted molar refractivity (Wildman–Crippen MR) is 78.4 cm³/mol. The highest BCUT2D eigenvalue weighted by molar-refractivity contribution is 14.1. The second kappa shape index (κ2) is 4.75. The number of ether oxygens (including phenoxy) is 1. The molecular weight excluding hydrogens is 341 g/mol. The third kappa shape index (κ3) is 2.16. The van der Waals surface area contributed by atoms with Crippen LogP contribution in [0.25, 0.3) is 10.8 Å². The zero-order valence-electron chi connectivity index (χ0n) is 10.1. The molecule has 0 aliphatic carbocycles. The first-order valence-electron chi connectivity index (χ1n) is 5.40. The standard InChI is InChI=1S/C14H12INO2/c1-14(17,8-16)10-4-5-11-9(7-10)3-6-12(18-2)13(11)15/h3-7,17H,1-2H3. The van der Waals surface area contributed by atoms with Crippen molar-refractivity contribution in [3.63, 3.8) is 0 Å². The van der Waals surface area contributed by atoms with Gasteiger partial charge >= 0.3 is 0 Å². The summed E-state index contributed by atoms with van der Waals surface area (Å²) in [6, 6.07) is 11.2. The quantitative estimate of drug-likeness (QED) is 0.667. The molecule has 0 bridgehead atoms. The number of aliphatic hydroxyl groups is 1. The zero-order chi connectivity index (χ0) is 13.3. The van der Waals surface area contributed by atoms with Crippen LogP contribution >= 0.6 is 22.6 Å². The molecule has 0 saturated carbocycles. The van der Waals surface area contributed by atoms with Crippen LogP contribution < -0.4 is 4.74 Å². The molecule has 2 aromatic rings. The number of rotatable bonds is 2.